The van der Waals surface area contributed by atoms with Gasteiger partial charge in [-0.05, 0) is 12.1 Å². The van der Waals surface area contributed by atoms with Crippen LogP contribution in [-0.4, -0.2) is 7.85 Å². The van der Waals surface area contributed by atoms with Gasteiger partial charge in [-0.25, -0.2) is 4.39 Å². The van der Waals surface area contributed by atoms with Crippen LogP contribution in [0.2, 0.25) is 0 Å². The molecule has 0 aromatic heterocycles. The van der Waals surface area contributed by atoms with Gasteiger partial charge in [-0.3, -0.25) is 0 Å². The zero-order valence-electron chi connectivity index (χ0n) is 4.97. The van der Waals surface area contributed by atoms with Gasteiger partial charge in [0.05, 0.1) is 0 Å². The van der Waals surface area contributed by atoms with Crippen molar-refractivity contribution in [2.24, 2.45) is 0 Å². The highest BCUT2D eigenvalue weighted by molar-refractivity contribution is 6.92. The van der Waals surface area contributed by atoms with Crippen LogP contribution in [-0.2, 0) is 0 Å². The Kier molecular flexibility index (Phi) is 3.49. The van der Waals surface area contributed by atoms with E-state index in [2.05, 4.69) is 0 Å². The number of benzene rings is 1. The normalized spacial score (nSPS) is 8.11. The van der Waals surface area contributed by atoms with E-state index in [1.165, 1.54) is 12.1 Å². The van der Waals surface area contributed by atoms with Gasteiger partial charge in [0, 0.05) is 0 Å². The third kappa shape index (κ3) is 2.62. The molecule has 0 bridgehead atoms. The molecule has 1 aromatic carbocycles. The molecule has 0 amide bonds. The van der Waals surface area contributed by atoms with Gasteiger partial charge in [-0.2, -0.15) is 9.90 Å². The monoisotopic (exact) mass is 140 g/mol. The number of halogens is 1. The Morgan fingerprint density at radius 3 is 2.33 bits per heavy atom. The molecular weight excluding hydrogens is 133 g/mol. The van der Waals surface area contributed by atoms with Crippen LogP contribution in [0, 0.1) is 5.82 Å². The van der Waals surface area contributed by atoms with Crippen molar-refractivity contribution >= 4 is 23.2 Å². The molecule has 2 radical (unpaired) electrons. The molecular formula is C6H7BFP. The number of rotatable bonds is 0. The van der Waals surface area contributed by atoms with Crippen LogP contribution in [0.25, 0.3) is 0 Å². The summed E-state index contributed by atoms with van der Waals surface area (Å²) in [6.45, 7) is 0. The van der Waals surface area contributed by atoms with Crippen molar-refractivity contribution in [3.05, 3.63) is 30.1 Å². The highest BCUT2D eigenvalue weighted by atomic mass is 31.0. The zero-order valence-corrected chi connectivity index (χ0v) is 6.39. The van der Waals surface area contributed by atoms with E-state index in [9.17, 15) is 4.39 Å². The van der Waals surface area contributed by atoms with Crippen LogP contribution in [0.15, 0.2) is 24.3 Å². The summed E-state index contributed by atoms with van der Waals surface area (Å²) < 4.78 is 12.1. The van der Waals surface area contributed by atoms with Gasteiger partial charge in [-0.15, -0.1) is 0 Å². The first-order chi connectivity index (χ1) is 3.79. The fraction of sp³-hybridized carbons (Fsp3) is 0. The second-order valence-corrected chi connectivity index (χ2v) is 1.56. The van der Waals surface area contributed by atoms with E-state index in [-0.39, 0.29) is 15.7 Å². The van der Waals surface area contributed by atoms with Crippen LogP contribution < -0.4 is 5.46 Å². The van der Waals surface area contributed by atoms with E-state index in [1.807, 2.05) is 0 Å². The summed E-state index contributed by atoms with van der Waals surface area (Å²) in [5.41, 5.74) is 0.463. The molecule has 0 nitrogen and oxygen atoms in total. The summed E-state index contributed by atoms with van der Waals surface area (Å²) in [5.74, 6) is -0.287. The molecule has 0 fully saturated rings. The Labute approximate surface area is 58.5 Å². The zero-order chi connectivity index (χ0) is 5.98. The molecule has 0 aliphatic rings. The molecule has 1 atom stereocenters. The third-order valence-electron chi connectivity index (χ3n) is 0.849. The molecule has 3 heteroatoms. The highest BCUT2D eigenvalue weighted by Gasteiger charge is 1.84. The molecule has 46 valence electrons. The summed E-state index contributed by atoms with van der Waals surface area (Å²) in [6, 6.07) is 5.85. The van der Waals surface area contributed by atoms with Crippen LogP contribution in [0.3, 0.4) is 0 Å². The Balaban J connectivity index is 0.000000640. The standard InChI is InChI=1S/C6H4BF.H3P/c7-5-2-1-3-6(8)4-5;/h1-4H;1H3. The van der Waals surface area contributed by atoms with Crippen molar-refractivity contribution in [2.75, 3.05) is 0 Å². The Hall–Kier alpha value is -0.355. The molecule has 0 spiro atoms. The molecule has 0 heterocycles. The molecule has 0 aliphatic heterocycles. The summed E-state index contributed by atoms with van der Waals surface area (Å²) in [5, 5.41) is 0. The van der Waals surface area contributed by atoms with Crippen molar-refractivity contribution in [3.63, 3.8) is 0 Å². The SMILES string of the molecule is P.[B]c1cccc(F)c1. The molecule has 0 aliphatic carbocycles. The van der Waals surface area contributed by atoms with E-state index < -0.39 is 0 Å². The minimum absolute atomic E-state index is 0. The van der Waals surface area contributed by atoms with E-state index >= 15 is 0 Å². The van der Waals surface area contributed by atoms with Crippen LogP contribution in [0.1, 0.15) is 0 Å². The van der Waals surface area contributed by atoms with Crippen molar-refractivity contribution < 1.29 is 4.39 Å². The van der Waals surface area contributed by atoms with Crippen LogP contribution in [0.4, 0.5) is 4.39 Å². The lowest BCUT2D eigenvalue weighted by Gasteiger charge is -1.87. The maximum Gasteiger partial charge on any atom is 0.122 e. The number of hydrogen-bond donors (Lipinski definition) is 0. The molecule has 1 rings (SSSR count). The van der Waals surface area contributed by atoms with E-state index in [4.69, 9.17) is 7.85 Å². The minimum Gasteiger partial charge on any atom is -0.207 e. The topological polar surface area (TPSA) is 0 Å². The second kappa shape index (κ2) is 3.63. The van der Waals surface area contributed by atoms with Gasteiger partial charge in [0.1, 0.15) is 13.7 Å². The fourth-order valence-electron chi connectivity index (χ4n) is 0.507. The van der Waals surface area contributed by atoms with Gasteiger partial charge in [-0.1, -0.05) is 17.6 Å². The fourth-order valence-corrected chi connectivity index (χ4v) is 0.507. The predicted octanol–water partition coefficient (Wildman–Crippen LogP) is 0.678. The van der Waals surface area contributed by atoms with Gasteiger partial charge < -0.3 is 0 Å². The van der Waals surface area contributed by atoms with Crippen LogP contribution >= 0.6 is 9.90 Å². The van der Waals surface area contributed by atoms with Gasteiger partial charge >= 0.3 is 0 Å². The Bertz CT molecular complexity index is 173. The van der Waals surface area contributed by atoms with Gasteiger partial charge in [0.25, 0.3) is 0 Å². The molecule has 0 saturated carbocycles. The first-order valence-electron chi connectivity index (χ1n) is 2.30. The molecule has 1 aromatic rings. The maximum atomic E-state index is 12.1. The maximum absolute atomic E-state index is 12.1. The second-order valence-electron chi connectivity index (χ2n) is 1.56. The Morgan fingerprint density at radius 1 is 1.33 bits per heavy atom. The molecule has 9 heavy (non-hydrogen) atoms. The average Bonchev–Trinajstić information content (AvgIpc) is 1.64. The predicted molar refractivity (Wildman–Crippen MR) is 42.9 cm³/mol. The van der Waals surface area contributed by atoms with Gasteiger partial charge in [0.2, 0.25) is 0 Å². The lowest BCUT2D eigenvalue weighted by atomic mass is 9.97. The lowest BCUT2D eigenvalue weighted by molar-refractivity contribution is 0.629. The van der Waals surface area contributed by atoms with Gasteiger partial charge in [0.15, 0.2) is 0 Å². The van der Waals surface area contributed by atoms with E-state index in [1.54, 1.807) is 12.1 Å². The third-order valence-corrected chi connectivity index (χ3v) is 0.849. The quantitative estimate of drug-likeness (QED) is 0.367. The molecule has 0 saturated heterocycles. The molecule has 1 unspecified atom stereocenters. The largest absolute Gasteiger partial charge is 0.207 e. The van der Waals surface area contributed by atoms with Crippen LogP contribution in [0.5, 0.6) is 0 Å². The molecule has 0 N–H and O–H groups in total. The van der Waals surface area contributed by atoms with Crippen molar-refractivity contribution in [1.29, 1.82) is 0 Å². The first-order valence-corrected chi connectivity index (χ1v) is 2.30. The Morgan fingerprint density at radius 2 is 2.00 bits per heavy atom. The van der Waals surface area contributed by atoms with Crippen molar-refractivity contribution in [1.82, 2.24) is 0 Å². The first kappa shape index (κ1) is 8.64. The summed E-state index contributed by atoms with van der Waals surface area (Å²) in [6.07, 6.45) is 0. The summed E-state index contributed by atoms with van der Waals surface area (Å²) >= 11 is 0. The summed E-state index contributed by atoms with van der Waals surface area (Å²) in [7, 11) is 5.22. The van der Waals surface area contributed by atoms with Crippen molar-refractivity contribution in [2.45, 2.75) is 0 Å². The number of hydrogen-bond acceptors (Lipinski definition) is 0. The van der Waals surface area contributed by atoms with E-state index in [0.717, 1.165) is 0 Å². The lowest BCUT2D eigenvalue weighted by Crippen LogP contribution is -2.00. The average molecular weight is 140 g/mol. The smallest absolute Gasteiger partial charge is 0.122 e. The van der Waals surface area contributed by atoms with Crippen molar-refractivity contribution in [3.8, 4) is 0 Å². The van der Waals surface area contributed by atoms with E-state index in [0.29, 0.717) is 5.46 Å². The minimum atomic E-state index is -0.287. The summed E-state index contributed by atoms with van der Waals surface area (Å²) in [4.78, 5) is 0. The highest BCUT2D eigenvalue weighted by Crippen LogP contribution is 1.89.